The lowest BCUT2D eigenvalue weighted by Gasteiger charge is -2.24. The van der Waals surface area contributed by atoms with Crippen molar-refractivity contribution >= 4 is 29.2 Å². The molecule has 0 radical (unpaired) electrons. The van der Waals surface area contributed by atoms with Crippen LogP contribution in [0.5, 0.6) is 5.75 Å². The van der Waals surface area contributed by atoms with Crippen molar-refractivity contribution in [3.8, 4) is 5.75 Å². The van der Waals surface area contributed by atoms with Crippen LogP contribution in [0.25, 0.3) is 0 Å². The second-order valence-electron chi connectivity index (χ2n) is 5.86. The van der Waals surface area contributed by atoms with E-state index in [1.807, 2.05) is 0 Å². The van der Waals surface area contributed by atoms with E-state index in [4.69, 9.17) is 26.8 Å². The number of methoxy groups -OCH3 is 1. The van der Waals surface area contributed by atoms with Gasteiger partial charge in [0.05, 0.1) is 17.8 Å². The molecule has 1 aromatic carbocycles. The lowest BCUT2D eigenvalue weighted by atomic mass is 10.2. The summed E-state index contributed by atoms with van der Waals surface area (Å²) < 4.78 is 10.5. The number of nitrogens with zero attached hydrogens (tertiary/aromatic N) is 1. The van der Waals surface area contributed by atoms with E-state index in [-0.39, 0.29) is 22.2 Å². The van der Waals surface area contributed by atoms with Gasteiger partial charge in [0.25, 0.3) is 5.91 Å². The lowest BCUT2D eigenvalue weighted by Crippen LogP contribution is -2.40. The number of esters is 1. The summed E-state index contributed by atoms with van der Waals surface area (Å²) in [5.74, 6) is -0.577. The fraction of sp³-hybridized carbons (Fsp3) is 0.529. The quantitative estimate of drug-likeness (QED) is 0.664. The molecule has 1 atom stereocenters. The van der Waals surface area contributed by atoms with Crippen LogP contribution in [-0.2, 0) is 9.53 Å². The molecule has 1 fully saturated rings. The molecule has 0 aromatic heterocycles. The fourth-order valence-electron chi connectivity index (χ4n) is 2.72. The van der Waals surface area contributed by atoms with E-state index in [1.165, 1.54) is 19.2 Å². The molecule has 132 valence electrons. The Morgan fingerprint density at radius 1 is 1.21 bits per heavy atom. The van der Waals surface area contributed by atoms with Crippen LogP contribution in [0.1, 0.15) is 43.0 Å². The molecule has 0 aliphatic carbocycles. The number of rotatable bonds is 4. The Morgan fingerprint density at radius 3 is 2.42 bits per heavy atom. The molecule has 1 saturated heterocycles. The zero-order valence-corrected chi connectivity index (χ0v) is 14.8. The van der Waals surface area contributed by atoms with Gasteiger partial charge >= 0.3 is 5.97 Å². The Kier molecular flexibility index (Phi) is 6.31. The Hall–Kier alpha value is -1.95. The summed E-state index contributed by atoms with van der Waals surface area (Å²) in [6, 6.07) is 2.85. The Balaban J connectivity index is 2.08. The first-order valence-electron chi connectivity index (χ1n) is 8.06. The van der Waals surface area contributed by atoms with E-state index in [2.05, 4.69) is 0 Å². The van der Waals surface area contributed by atoms with Gasteiger partial charge in [0.1, 0.15) is 11.3 Å². The maximum Gasteiger partial charge on any atom is 0.342 e. The average molecular weight is 355 g/mol. The number of amides is 1. The molecule has 1 amide bonds. The molecule has 1 aliphatic rings. The number of likely N-dealkylation sites (tertiary alicyclic amines) is 1. The molecule has 1 aliphatic heterocycles. The summed E-state index contributed by atoms with van der Waals surface area (Å²) in [6.07, 6.45) is 3.34. The lowest BCUT2D eigenvalue weighted by molar-refractivity contribution is -0.139. The van der Waals surface area contributed by atoms with E-state index >= 15 is 0 Å². The normalized spacial score (nSPS) is 16.2. The SMILES string of the molecule is COc1cc(N)c(Cl)cc1C(=O)OC(C)C(=O)N1CCCCCC1. The van der Waals surface area contributed by atoms with Gasteiger partial charge in [-0.3, -0.25) is 4.79 Å². The van der Waals surface area contributed by atoms with E-state index < -0.39 is 12.1 Å². The van der Waals surface area contributed by atoms with Gasteiger partial charge < -0.3 is 20.1 Å². The second-order valence-corrected chi connectivity index (χ2v) is 6.27. The van der Waals surface area contributed by atoms with Crippen LogP contribution in [0.3, 0.4) is 0 Å². The number of carbonyl (C=O) groups is 2. The molecule has 1 heterocycles. The van der Waals surface area contributed by atoms with Gasteiger partial charge in [-0.05, 0) is 25.8 Å². The predicted molar refractivity (Wildman–Crippen MR) is 92.3 cm³/mol. The monoisotopic (exact) mass is 354 g/mol. The number of ether oxygens (including phenoxy) is 2. The molecule has 24 heavy (non-hydrogen) atoms. The number of hydrogen-bond donors (Lipinski definition) is 1. The van der Waals surface area contributed by atoms with Gasteiger partial charge in [-0.25, -0.2) is 4.79 Å². The highest BCUT2D eigenvalue weighted by atomic mass is 35.5. The van der Waals surface area contributed by atoms with Crippen molar-refractivity contribution in [2.75, 3.05) is 25.9 Å². The van der Waals surface area contributed by atoms with E-state index in [0.29, 0.717) is 18.8 Å². The molecule has 2 N–H and O–H groups in total. The highest BCUT2D eigenvalue weighted by Crippen LogP contribution is 2.29. The number of carbonyl (C=O) groups excluding carboxylic acids is 2. The van der Waals surface area contributed by atoms with E-state index in [1.54, 1.807) is 11.8 Å². The van der Waals surface area contributed by atoms with E-state index in [9.17, 15) is 9.59 Å². The minimum atomic E-state index is -0.864. The van der Waals surface area contributed by atoms with Crippen LogP contribution in [0.15, 0.2) is 12.1 Å². The van der Waals surface area contributed by atoms with Gasteiger partial charge in [-0.2, -0.15) is 0 Å². The van der Waals surface area contributed by atoms with Gasteiger partial charge in [-0.1, -0.05) is 24.4 Å². The fourth-order valence-corrected chi connectivity index (χ4v) is 2.88. The third kappa shape index (κ3) is 4.32. The minimum Gasteiger partial charge on any atom is -0.496 e. The van der Waals surface area contributed by atoms with Crippen molar-refractivity contribution < 1.29 is 19.1 Å². The number of halogens is 1. The number of anilines is 1. The van der Waals surface area contributed by atoms with Crippen molar-refractivity contribution in [3.05, 3.63) is 22.7 Å². The van der Waals surface area contributed by atoms with Crippen molar-refractivity contribution in [2.45, 2.75) is 38.7 Å². The highest BCUT2D eigenvalue weighted by molar-refractivity contribution is 6.33. The average Bonchev–Trinajstić information content (AvgIpc) is 2.85. The molecule has 6 nitrogen and oxygen atoms in total. The van der Waals surface area contributed by atoms with Gasteiger partial charge in [0.2, 0.25) is 0 Å². The van der Waals surface area contributed by atoms with Gasteiger partial charge in [0, 0.05) is 19.2 Å². The zero-order valence-electron chi connectivity index (χ0n) is 14.0. The molecular weight excluding hydrogens is 332 g/mol. The molecule has 0 bridgehead atoms. The molecule has 1 aromatic rings. The van der Waals surface area contributed by atoms with Gasteiger partial charge in [-0.15, -0.1) is 0 Å². The van der Waals surface area contributed by atoms with Crippen LogP contribution < -0.4 is 10.5 Å². The summed E-state index contributed by atoms with van der Waals surface area (Å²) >= 11 is 5.96. The third-order valence-electron chi connectivity index (χ3n) is 4.09. The number of hydrogen-bond acceptors (Lipinski definition) is 5. The van der Waals surface area contributed by atoms with Crippen LogP contribution in [-0.4, -0.2) is 43.1 Å². The standard InChI is InChI=1S/C17H23ClN2O4/c1-11(16(21)20-7-5-3-4-6-8-20)24-17(22)12-9-13(18)14(19)10-15(12)23-2/h9-11H,3-8,19H2,1-2H3. The summed E-state index contributed by atoms with van der Waals surface area (Å²) in [5, 5.41) is 0.231. The van der Waals surface area contributed by atoms with Crippen molar-refractivity contribution in [1.82, 2.24) is 4.90 Å². The first kappa shape index (κ1) is 18.4. The van der Waals surface area contributed by atoms with Crippen molar-refractivity contribution in [1.29, 1.82) is 0 Å². The zero-order chi connectivity index (χ0) is 17.7. The van der Waals surface area contributed by atoms with Crippen LogP contribution in [0.4, 0.5) is 5.69 Å². The summed E-state index contributed by atoms with van der Waals surface area (Å²) in [7, 11) is 1.42. The topological polar surface area (TPSA) is 81.9 Å². The second kappa shape index (κ2) is 8.24. The molecule has 0 saturated carbocycles. The molecule has 2 rings (SSSR count). The Morgan fingerprint density at radius 2 is 1.83 bits per heavy atom. The van der Waals surface area contributed by atoms with E-state index in [0.717, 1.165) is 25.7 Å². The first-order valence-corrected chi connectivity index (χ1v) is 8.44. The van der Waals surface area contributed by atoms with Crippen LogP contribution >= 0.6 is 11.6 Å². The predicted octanol–water partition coefficient (Wildman–Crippen LogP) is 2.88. The van der Waals surface area contributed by atoms with Crippen molar-refractivity contribution in [3.63, 3.8) is 0 Å². The van der Waals surface area contributed by atoms with Crippen LogP contribution in [0, 0.1) is 0 Å². The molecule has 7 heteroatoms. The summed E-state index contributed by atoms with van der Waals surface area (Å²) in [5.41, 5.74) is 6.15. The maximum atomic E-state index is 12.5. The van der Waals surface area contributed by atoms with Crippen LogP contribution in [0.2, 0.25) is 5.02 Å². The first-order chi connectivity index (χ1) is 11.4. The number of benzene rings is 1. The molecule has 1 unspecified atom stereocenters. The Labute approximate surface area is 146 Å². The smallest absolute Gasteiger partial charge is 0.342 e. The summed E-state index contributed by atoms with van der Waals surface area (Å²) in [6.45, 7) is 2.99. The Bertz CT molecular complexity index is 613. The number of nitrogens with two attached hydrogens (primary N) is 1. The maximum absolute atomic E-state index is 12.5. The number of nitrogen functional groups attached to an aromatic ring is 1. The third-order valence-corrected chi connectivity index (χ3v) is 4.42. The minimum absolute atomic E-state index is 0.146. The highest BCUT2D eigenvalue weighted by Gasteiger charge is 2.26. The van der Waals surface area contributed by atoms with Crippen molar-refractivity contribution in [2.24, 2.45) is 0 Å². The van der Waals surface area contributed by atoms with Gasteiger partial charge in [0.15, 0.2) is 6.10 Å². The summed E-state index contributed by atoms with van der Waals surface area (Å²) in [4.78, 5) is 26.6. The largest absolute Gasteiger partial charge is 0.496 e. The molecule has 0 spiro atoms. The molecular formula is C17H23ClN2O4.